The Morgan fingerprint density at radius 1 is 1.12 bits per heavy atom. The number of hydrogen-bond donors (Lipinski definition) is 2. The van der Waals surface area contributed by atoms with Crippen LogP contribution in [0.2, 0.25) is 0 Å². The summed E-state index contributed by atoms with van der Waals surface area (Å²) < 4.78 is 1.83. The zero-order chi connectivity index (χ0) is 17.9. The van der Waals surface area contributed by atoms with E-state index in [-0.39, 0.29) is 23.9 Å². The number of aromatic nitrogens is 2. The topological polar surface area (TPSA) is 76.0 Å². The van der Waals surface area contributed by atoms with E-state index in [4.69, 9.17) is 0 Å². The predicted octanol–water partition coefficient (Wildman–Crippen LogP) is 2.13. The van der Waals surface area contributed by atoms with Crippen LogP contribution in [-0.4, -0.2) is 33.7 Å². The Morgan fingerprint density at radius 3 is 2.25 bits per heavy atom. The van der Waals surface area contributed by atoms with E-state index in [1.165, 1.54) is 0 Å². The van der Waals surface area contributed by atoms with E-state index in [2.05, 4.69) is 15.7 Å². The van der Waals surface area contributed by atoms with Gasteiger partial charge in [-0.1, -0.05) is 0 Å². The highest BCUT2D eigenvalue weighted by Crippen LogP contribution is 2.13. The average molecular weight is 328 g/mol. The van der Waals surface area contributed by atoms with Gasteiger partial charge in [-0.2, -0.15) is 5.10 Å². The zero-order valence-electron chi connectivity index (χ0n) is 14.8. The molecule has 0 aliphatic heterocycles. The molecule has 1 heterocycles. The van der Waals surface area contributed by atoms with Crippen LogP contribution in [0, 0.1) is 13.8 Å². The van der Waals surface area contributed by atoms with Crippen molar-refractivity contribution in [2.24, 2.45) is 0 Å². The molecule has 6 nitrogen and oxygen atoms in total. The first-order valence-corrected chi connectivity index (χ1v) is 7.88. The quantitative estimate of drug-likeness (QED) is 0.903. The molecular weight excluding hydrogens is 304 g/mol. The van der Waals surface area contributed by atoms with Gasteiger partial charge in [-0.25, -0.2) is 4.68 Å². The lowest BCUT2D eigenvalue weighted by Gasteiger charge is -2.20. The minimum atomic E-state index is -0.316. The van der Waals surface area contributed by atoms with Crippen LogP contribution in [0.3, 0.4) is 0 Å². The van der Waals surface area contributed by atoms with Crippen LogP contribution in [0.25, 0.3) is 5.69 Å². The van der Waals surface area contributed by atoms with Crippen LogP contribution in [0.1, 0.15) is 42.5 Å². The Balaban J connectivity index is 1.99. The molecule has 0 aliphatic carbocycles. The summed E-state index contributed by atoms with van der Waals surface area (Å²) >= 11 is 0. The van der Waals surface area contributed by atoms with Crippen LogP contribution < -0.4 is 10.6 Å². The number of carbonyl (C=O) groups excluding carboxylic acids is 2. The molecule has 2 amide bonds. The van der Waals surface area contributed by atoms with E-state index >= 15 is 0 Å². The van der Waals surface area contributed by atoms with E-state index in [0.717, 1.165) is 17.1 Å². The Bertz CT molecular complexity index is 739. The molecule has 0 spiro atoms. The highest BCUT2D eigenvalue weighted by Gasteiger charge is 2.15. The van der Waals surface area contributed by atoms with Crippen LogP contribution >= 0.6 is 0 Å². The van der Waals surface area contributed by atoms with E-state index in [9.17, 15) is 9.59 Å². The Morgan fingerprint density at radius 2 is 1.75 bits per heavy atom. The first kappa shape index (κ1) is 17.7. The SMILES string of the molecule is Cc1cc(C)n(-c2ccc(C(=O)NCC(=O)NC(C)(C)C)cc2)n1. The van der Waals surface area contributed by atoms with Gasteiger partial charge in [-0.05, 0) is 65.0 Å². The number of benzene rings is 1. The molecule has 0 aliphatic rings. The molecule has 0 atom stereocenters. The van der Waals surface area contributed by atoms with Crippen molar-refractivity contribution in [3.05, 3.63) is 47.3 Å². The molecule has 0 fully saturated rings. The van der Waals surface area contributed by atoms with E-state index < -0.39 is 0 Å². The summed E-state index contributed by atoms with van der Waals surface area (Å²) in [5.74, 6) is -0.492. The summed E-state index contributed by atoms with van der Waals surface area (Å²) in [7, 11) is 0. The van der Waals surface area contributed by atoms with Gasteiger partial charge in [0.05, 0.1) is 17.9 Å². The third kappa shape index (κ3) is 4.68. The molecule has 1 aromatic heterocycles. The molecule has 2 N–H and O–H groups in total. The minimum absolute atomic E-state index is 0.0463. The fourth-order valence-electron chi connectivity index (χ4n) is 2.37. The van der Waals surface area contributed by atoms with Crippen LogP contribution in [0.15, 0.2) is 30.3 Å². The third-order valence-corrected chi connectivity index (χ3v) is 3.31. The van der Waals surface area contributed by atoms with Gasteiger partial charge in [0.2, 0.25) is 5.91 Å². The van der Waals surface area contributed by atoms with Crippen LogP contribution in [0.4, 0.5) is 0 Å². The summed E-state index contributed by atoms with van der Waals surface area (Å²) in [5.41, 5.74) is 3.05. The molecule has 0 bridgehead atoms. The number of aryl methyl sites for hydroxylation is 2. The number of carbonyl (C=O) groups is 2. The monoisotopic (exact) mass is 328 g/mol. The highest BCUT2D eigenvalue weighted by molar-refractivity contribution is 5.96. The predicted molar refractivity (Wildman–Crippen MR) is 93.3 cm³/mol. The van der Waals surface area contributed by atoms with Crippen molar-refractivity contribution < 1.29 is 9.59 Å². The molecule has 2 aromatic rings. The second kappa shape index (κ2) is 6.86. The van der Waals surface area contributed by atoms with Crippen LogP contribution in [-0.2, 0) is 4.79 Å². The molecule has 2 rings (SSSR count). The highest BCUT2D eigenvalue weighted by atomic mass is 16.2. The largest absolute Gasteiger partial charge is 0.350 e. The van der Waals surface area contributed by atoms with Gasteiger partial charge >= 0.3 is 0 Å². The molecule has 128 valence electrons. The van der Waals surface area contributed by atoms with Gasteiger partial charge in [0.1, 0.15) is 0 Å². The lowest BCUT2D eigenvalue weighted by atomic mass is 10.1. The lowest BCUT2D eigenvalue weighted by Crippen LogP contribution is -2.45. The second-order valence-electron chi connectivity index (χ2n) is 6.87. The number of nitrogens with zero attached hydrogens (tertiary/aromatic N) is 2. The summed E-state index contributed by atoms with van der Waals surface area (Å²) in [4.78, 5) is 23.9. The van der Waals surface area contributed by atoms with Crippen molar-refractivity contribution in [3.8, 4) is 5.69 Å². The van der Waals surface area contributed by atoms with Gasteiger partial charge in [-0.3, -0.25) is 9.59 Å². The molecule has 0 radical (unpaired) electrons. The second-order valence-corrected chi connectivity index (χ2v) is 6.87. The van der Waals surface area contributed by atoms with Gasteiger partial charge in [0.15, 0.2) is 0 Å². The summed E-state index contributed by atoms with van der Waals surface area (Å²) in [6.45, 7) is 9.55. The average Bonchev–Trinajstić information content (AvgIpc) is 2.82. The molecule has 0 saturated heterocycles. The normalized spacial score (nSPS) is 11.2. The van der Waals surface area contributed by atoms with E-state index in [1.807, 2.05) is 57.5 Å². The van der Waals surface area contributed by atoms with Gasteiger partial charge < -0.3 is 10.6 Å². The van der Waals surface area contributed by atoms with Crippen molar-refractivity contribution in [3.63, 3.8) is 0 Å². The fraction of sp³-hybridized carbons (Fsp3) is 0.389. The Labute approximate surface area is 142 Å². The number of nitrogens with one attached hydrogen (secondary N) is 2. The number of rotatable bonds is 4. The summed E-state index contributed by atoms with van der Waals surface area (Å²) in [5, 5.41) is 9.83. The maximum atomic E-state index is 12.1. The zero-order valence-corrected chi connectivity index (χ0v) is 14.8. The van der Waals surface area contributed by atoms with Gasteiger partial charge in [0.25, 0.3) is 5.91 Å². The minimum Gasteiger partial charge on any atom is -0.350 e. The number of hydrogen-bond acceptors (Lipinski definition) is 3. The van der Waals surface area contributed by atoms with Crippen molar-refractivity contribution in [1.29, 1.82) is 0 Å². The lowest BCUT2D eigenvalue weighted by molar-refractivity contribution is -0.121. The van der Waals surface area contributed by atoms with Crippen LogP contribution in [0.5, 0.6) is 0 Å². The fourth-order valence-corrected chi connectivity index (χ4v) is 2.37. The Kier molecular flexibility index (Phi) is 5.07. The summed E-state index contributed by atoms with van der Waals surface area (Å²) in [6.07, 6.45) is 0. The standard InChI is InChI=1S/C18H24N4O2/c1-12-10-13(2)22(21-12)15-8-6-14(7-9-15)17(24)19-11-16(23)20-18(3,4)5/h6-10H,11H2,1-5H3,(H,19,24)(H,20,23). The Hall–Kier alpha value is -2.63. The van der Waals surface area contributed by atoms with E-state index in [0.29, 0.717) is 5.56 Å². The smallest absolute Gasteiger partial charge is 0.251 e. The van der Waals surface area contributed by atoms with Crippen molar-refractivity contribution in [2.45, 2.75) is 40.2 Å². The van der Waals surface area contributed by atoms with E-state index in [1.54, 1.807) is 12.1 Å². The first-order valence-electron chi connectivity index (χ1n) is 7.88. The maximum Gasteiger partial charge on any atom is 0.251 e. The van der Waals surface area contributed by atoms with Gasteiger partial charge in [0, 0.05) is 16.8 Å². The third-order valence-electron chi connectivity index (χ3n) is 3.31. The van der Waals surface area contributed by atoms with Crippen molar-refractivity contribution in [1.82, 2.24) is 20.4 Å². The number of amides is 2. The van der Waals surface area contributed by atoms with Crippen molar-refractivity contribution in [2.75, 3.05) is 6.54 Å². The molecule has 24 heavy (non-hydrogen) atoms. The maximum absolute atomic E-state index is 12.1. The summed E-state index contributed by atoms with van der Waals surface area (Å²) in [6, 6.07) is 9.12. The molecule has 0 saturated carbocycles. The molecule has 0 unspecified atom stereocenters. The first-order chi connectivity index (χ1) is 11.2. The molecule has 6 heteroatoms. The van der Waals surface area contributed by atoms with Gasteiger partial charge in [-0.15, -0.1) is 0 Å². The van der Waals surface area contributed by atoms with Crippen molar-refractivity contribution >= 4 is 11.8 Å². The molecular formula is C18H24N4O2. The molecule has 1 aromatic carbocycles.